The van der Waals surface area contributed by atoms with E-state index in [4.69, 9.17) is 14.7 Å². The number of rotatable bonds is 1. The number of aliphatic hydroxyl groups is 1. The second-order valence-corrected chi connectivity index (χ2v) is 5.78. The van der Waals surface area contributed by atoms with Crippen molar-refractivity contribution in [2.75, 3.05) is 0 Å². The van der Waals surface area contributed by atoms with E-state index in [-0.39, 0.29) is 12.0 Å². The SMILES string of the molecule is CC(C)(C)OC(=O)NC1CC2C(O)C(C#N)C2O1. The maximum absolute atomic E-state index is 11.5. The van der Waals surface area contributed by atoms with Gasteiger partial charge in [-0.1, -0.05) is 0 Å². The molecule has 0 radical (unpaired) electrons. The van der Waals surface area contributed by atoms with Crippen LogP contribution in [0.2, 0.25) is 0 Å². The number of nitrogens with one attached hydrogen (secondary N) is 1. The fourth-order valence-corrected chi connectivity index (χ4v) is 2.41. The van der Waals surface area contributed by atoms with Crippen LogP contribution in [-0.4, -0.2) is 35.2 Å². The molecule has 2 rings (SSSR count). The van der Waals surface area contributed by atoms with Gasteiger partial charge in [0, 0.05) is 12.3 Å². The van der Waals surface area contributed by atoms with E-state index in [0.29, 0.717) is 6.42 Å². The van der Waals surface area contributed by atoms with Crippen LogP contribution in [0, 0.1) is 23.2 Å². The molecule has 5 unspecified atom stereocenters. The van der Waals surface area contributed by atoms with Gasteiger partial charge in [0.05, 0.1) is 24.2 Å². The molecule has 1 saturated carbocycles. The molecule has 2 N–H and O–H groups in total. The predicted octanol–water partition coefficient (Wildman–Crippen LogP) is 0.757. The summed E-state index contributed by atoms with van der Waals surface area (Å²) in [7, 11) is 0. The third-order valence-electron chi connectivity index (χ3n) is 3.22. The highest BCUT2D eigenvalue weighted by Gasteiger charge is 2.56. The van der Waals surface area contributed by atoms with Crippen LogP contribution in [0.25, 0.3) is 0 Å². The minimum atomic E-state index is -0.648. The molecule has 2 fully saturated rings. The van der Waals surface area contributed by atoms with Gasteiger partial charge in [0.15, 0.2) is 0 Å². The normalized spacial score (nSPS) is 38.3. The maximum atomic E-state index is 11.5. The first-order valence-corrected chi connectivity index (χ1v) is 6.04. The van der Waals surface area contributed by atoms with E-state index in [1.807, 2.05) is 6.07 Å². The number of amides is 1. The number of fused-ring (bicyclic) bond motifs is 1. The predicted molar refractivity (Wildman–Crippen MR) is 61.2 cm³/mol. The molecule has 0 spiro atoms. The van der Waals surface area contributed by atoms with Crippen LogP contribution >= 0.6 is 0 Å². The molecular weight excluding hydrogens is 236 g/mol. The molecule has 1 aliphatic carbocycles. The van der Waals surface area contributed by atoms with Crippen molar-refractivity contribution in [2.24, 2.45) is 11.8 Å². The Morgan fingerprint density at radius 2 is 2.22 bits per heavy atom. The molecule has 1 heterocycles. The number of nitriles is 1. The van der Waals surface area contributed by atoms with E-state index in [2.05, 4.69) is 5.32 Å². The molecule has 0 aromatic rings. The van der Waals surface area contributed by atoms with Crippen molar-refractivity contribution in [3.8, 4) is 6.07 Å². The standard InChI is InChI=1S/C12H18N2O4/c1-12(2,3)18-11(16)14-8-4-6-9(15)7(5-13)10(6)17-8/h6-10,15H,4H2,1-3H3,(H,14,16). The first-order chi connectivity index (χ1) is 8.31. The number of carbonyl (C=O) groups is 1. The van der Waals surface area contributed by atoms with Crippen molar-refractivity contribution >= 4 is 6.09 Å². The molecule has 0 aromatic heterocycles. The van der Waals surface area contributed by atoms with Gasteiger partial charge in [-0.3, -0.25) is 5.32 Å². The smallest absolute Gasteiger partial charge is 0.409 e. The van der Waals surface area contributed by atoms with Crippen molar-refractivity contribution in [1.82, 2.24) is 5.32 Å². The Morgan fingerprint density at radius 1 is 1.56 bits per heavy atom. The molecule has 100 valence electrons. The Balaban J connectivity index is 1.84. The Labute approximate surface area is 106 Å². The molecular formula is C12H18N2O4. The Kier molecular flexibility index (Phi) is 3.21. The number of hydrogen-bond acceptors (Lipinski definition) is 5. The second-order valence-electron chi connectivity index (χ2n) is 5.78. The Bertz CT molecular complexity index is 385. The summed E-state index contributed by atoms with van der Waals surface area (Å²) in [6.07, 6.45) is -1.43. The van der Waals surface area contributed by atoms with E-state index in [9.17, 15) is 9.90 Å². The van der Waals surface area contributed by atoms with E-state index in [1.165, 1.54) is 0 Å². The summed E-state index contributed by atoms with van der Waals surface area (Å²) >= 11 is 0. The average molecular weight is 254 g/mol. The second kappa shape index (κ2) is 4.41. The summed E-state index contributed by atoms with van der Waals surface area (Å²) < 4.78 is 10.6. The van der Waals surface area contributed by atoms with Crippen LogP contribution < -0.4 is 5.32 Å². The molecule has 6 nitrogen and oxygen atoms in total. The molecule has 2 aliphatic rings. The minimum Gasteiger partial charge on any atom is -0.444 e. The van der Waals surface area contributed by atoms with E-state index < -0.39 is 29.9 Å². The highest BCUT2D eigenvalue weighted by atomic mass is 16.6. The zero-order chi connectivity index (χ0) is 13.5. The van der Waals surface area contributed by atoms with Gasteiger partial charge in [-0.25, -0.2) is 4.79 Å². The summed E-state index contributed by atoms with van der Waals surface area (Å²) in [5.74, 6) is -0.546. The quantitative estimate of drug-likeness (QED) is 0.720. The van der Waals surface area contributed by atoms with Crippen molar-refractivity contribution in [1.29, 1.82) is 5.26 Å². The topological polar surface area (TPSA) is 91.6 Å². The molecule has 1 aliphatic heterocycles. The highest BCUT2D eigenvalue weighted by Crippen LogP contribution is 2.45. The van der Waals surface area contributed by atoms with Gasteiger partial charge < -0.3 is 14.6 Å². The van der Waals surface area contributed by atoms with Crippen LogP contribution in [-0.2, 0) is 9.47 Å². The number of carbonyl (C=O) groups excluding carboxylic acids is 1. The van der Waals surface area contributed by atoms with Crippen LogP contribution in [0.4, 0.5) is 4.79 Å². The number of aliphatic hydroxyl groups excluding tert-OH is 1. The summed E-state index contributed by atoms with van der Waals surface area (Å²) in [6, 6.07) is 2.02. The highest BCUT2D eigenvalue weighted by molar-refractivity contribution is 5.67. The largest absolute Gasteiger partial charge is 0.444 e. The van der Waals surface area contributed by atoms with Crippen LogP contribution in [0.3, 0.4) is 0 Å². The van der Waals surface area contributed by atoms with Gasteiger partial charge >= 0.3 is 6.09 Å². The maximum Gasteiger partial charge on any atom is 0.409 e. The van der Waals surface area contributed by atoms with Crippen LogP contribution in [0.15, 0.2) is 0 Å². The molecule has 0 bridgehead atoms. The van der Waals surface area contributed by atoms with Crippen molar-refractivity contribution in [3.63, 3.8) is 0 Å². The third kappa shape index (κ3) is 2.42. The first kappa shape index (κ1) is 13.1. The Morgan fingerprint density at radius 3 is 2.78 bits per heavy atom. The lowest BCUT2D eigenvalue weighted by molar-refractivity contribution is -0.119. The summed E-state index contributed by atoms with van der Waals surface area (Å²) in [6.45, 7) is 5.34. The van der Waals surface area contributed by atoms with E-state index in [0.717, 1.165) is 0 Å². The summed E-state index contributed by atoms with van der Waals surface area (Å²) in [5, 5.41) is 21.1. The molecule has 5 atom stereocenters. The van der Waals surface area contributed by atoms with Gasteiger partial charge in [0.25, 0.3) is 0 Å². The van der Waals surface area contributed by atoms with Gasteiger partial charge in [-0.15, -0.1) is 0 Å². The van der Waals surface area contributed by atoms with Crippen molar-refractivity contribution < 1.29 is 19.4 Å². The van der Waals surface area contributed by atoms with Crippen molar-refractivity contribution in [3.05, 3.63) is 0 Å². The zero-order valence-electron chi connectivity index (χ0n) is 10.7. The van der Waals surface area contributed by atoms with Gasteiger partial charge in [-0.2, -0.15) is 5.26 Å². The number of alkyl carbamates (subject to hydrolysis) is 1. The third-order valence-corrected chi connectivity index (χ3v) is 3.22. The number of nitrogens with zero attached hydrogens (tertiary/aromatic N) is 1. The molecule has 0 aromatic carbocycles. The van der Waals surface area contributed by atoms with E-state index >= 15 is 0 Å². The van der Waals surface area contributed by atoms with Crippen molar-refractivity contribution in [2.45, 2.75) is 51.2 Å². The lowest BCUT2D eigenvalue weighted by atomic mass is 9.69. The van der Waals surface area contributed by atoms with Crippen LogP contribution in [0.1, 0.15) is 27.2 Å². The minimum absolute atomic E-state index is 0.0606. The first-order valence-electron chi connectivity index (χ1n) is 6.04. The fraction of sp³-hybridized carbons (Fsp3) is 0.833. The fourth-order valence-electron chi connectivity index (χ4n) is 2.41. The zero-order valence-corrected chi connectivity index (χ0v) is 10.7. The summed E-state index contributed by atoms with van der Waals surface area (Å²) in [4.78, 5) is 11.5. The molecule has 6 heteroatoms. The summed E-state index contributed by atoms with van der Waals surface area (Å²) in [5.41, 5.74) is -0.559. The Hall–Kier alpha value is -1.32. The monoisotopic (exact) mass is 254 g/mol. The van der Waals surface area contributed by atoms with Gasteiger partial charge in [0.1, 0.15) is 11.8 Å². The molecule has 1 amide bonds. The molecule has 1 saturated heterocycles. The van der Waals surface area contributed by atoms with Gasteiger partial charge in [0.2, 0.25) is 0 Å². The lowest BCUT2D eigenvalue weighted by Gasteiger charge is -2.39. The number of ether oxygens (including phenoxy) is 2. The lowest BCUT2D eigenvalue weighted by Crippen LogP contribution is -2.52. The van der Waals surface area contributed by atoms with Gasteiger partial charge in [-0.05, 0) is 20.8 Å². The molecule has 18 heavy (non-hydrogen) atoms. The van der Waals surface area contributed by atoms with Crippen LogP contribution in [0.5, 0.6) is 0 Å². The van der Waals surface area contributed by atoms with E-state index in [1.54, 1.807) is 20.8 Å². The number of hydrogen-bond donors (Lipinski definition) is 2. The average Bonchev–Trinajstić information content (AvgIpc) is 2.55.